The molecule has 3 rings (SSSR count). The molecule has 1 atom stereocenters. The summed E-state index contributed by atoms with van der Waals surface area (Å²) in [6, 6.07) is 8.13. The Kier molecular flexibility index (Phi) is 6.60. The monoisotopic (exact) mass is 384 g/mol. The molecule has 7 nitrogen and oxygen atoms in total. The van der Waals surface area contributed by atoms with Crippen molar-refractivity contribution in [1.82, 2.24) is 9.88 Å². The Labute approximate surface area is 163 Å². The number of pyridine rings is 1. The highest BCUT2D eigenvalue weighted by atomic mass is 16.5. The zero-order valence-electron chi connectivity index (χ0n) is 15.8. The van der Waals surface area contributed by atoms with Gasteiger partial charge < -0.3 is 19.5 Å². The van der Waals surface area contributed by atoms with Gasteiger partial charge >= 0.3 is 0 Å². The summed E-state index contributed by atoms with van der Waals surface area (Å²) >= 11 is 0. The van der Waals surface area contributed by atoms with Crippen molar-refractivity contribution in [3.8, 4) is 11.5 Å². The minimum Gasteiger partial charge on any atom is -0.507 e. The summed E-state index contributed by atoms with van der Waals surface area (Å²) in [5.74, 6) is 0.123. The Morgan fingerprint density at radius 2 is 2.21 bits per heavy atom. The van der Waals surface area contributed by atoms with Crippen LogP contribution in [0.15, 0.2) is 36.5 Å². The Bertz CT molecular complexity index is 839. The Balaban J connectivity index is 1.72. The molecule has 0 spiro atoms. The number of hydrogen-bond acceptors (Lipinski definition) is 6. The summed E-state index contributed by atoms with van der Waals surface area (Å²) in [7, 11) is 1.62. The number of benzene rings is 1. The topological polar surface area (TPSA) is 89.0 Å². The number of phenolic OH excluding ortho intramolecular Hbond substituents is 1. The van der Waals surface area contributed by atoms with E-state index < -0.39 is 0 Å². The van der Waals surface area contributed by atoms with E-state index in [4.69, 9.17) is 9.47 Å². The summed E-state index contributed by atoms with van der Waals surface area (Å²) in [4.78, 5) is 30.5. The van der Waals surface area contributed by atoms with E-state index in [9.17, 15) is 14.7 Å². The van der Waals surface area contributed by atoms with E-state index in [0.717, 1.165) is 18.5 Å². The van der Waals surface area contributed by atoms with Gasteiger partial charge in [0.25, 0.3) is 5.91 Å². The molecule has 1 N–H and O–H groups in total. The van der Waals surface area contributed by atoms with Gasteiger partial charge in [0.1, 0.15) is 18.1 Å². The predicted octanol–water partition coefficient (Wildman–Crippen LogP) is 2.47. The lowest BCUT2D eigenvalue weighted by Crippen LogP contribution is -2.39. The summed E-state index contributed by atoms with van der Waals surface area (Å²) in [6.45, 7) is 1.39. The van der Waals surface area contributed by atoms with Gasteiger partial charge in [-0.15, -0.1) is 0 Å². The lowest BCUT2D eigenvalue weighted by molar-refractivity contribution is 0.0688. The van der Waals surface area contributed by atoms with Crippen LogP contribution in [0.4, 0.5) is 0 Å². The van der Waals surface area contributed by atoms with Gasteiger partial charge in [-0.05, 0) is 37.1 Å². The fourth-order valence-electron chi connectivity index (χ4n) is 3.42. The van der Waals surface area contributed by atoms with Crippen LogP contribution in [0.5, 0.6) is 11.5 Å². The number of methoxy groups -OCH3 is 1. The molecule has 0 bridgehead atoms. The molecule has 1 saturated heterocycles. The molecule has 1 aromatic heterocycles. The van der Waals surface area contributed by atoms with Crippen LogP contribution in [0, 0.1) is 0 Å². The number of carbonyl (C=O) groups is 2. The van der Waals surface area contributed by atoms with Gasteiger partial charge in [-0.3, -0.25) is 14.6 Å². The van der Waals surface area contributed by atoms with E-state index in [2.05, 4.69) is 4.98 Å². The highest BCUT2D eigenvalue weighted by Crippen LogP contribution is 2.27. The number of carbonyl (C=O) groups excluding carboxylic acids is 2. The second kappa shape index (κ2) is 9.32. The van der Waals surface area contributed by atoms with Gasteiger partial charge in [-0.2, -0.15) is 0 Å². The quantitative estimate of drug-likeness (QED) is 0.704. The summed E-state index contributed by atoms with van der Waals surface area (Å²) in [5.41, 5.74) is 1.42. The van der Waals surface area contributed by atoms with Crippen molar-refractivity contribution in [2.75, 3.05) is 26.9 Å². The van der Waals surface area contributed by atoms with E-state index >= 15 is 0 Å². The van der Waals surface area contributed by atoms with Gasteiger partial charge in [-0.1, -0.05) is 6.07 Å². The van der Waals surface area contributed by atoms with Crippen LogP contribution in [-0.4, -0.2) is 60.1 Å². The smallest absolute Gasteiger partial charge is 0.256 e. The lowest BCUT2D eigenvalue weighted by Gasteiger charge is -2.26. The number of phenols is 1. The minimum atomic E-state index is -0.120. The minimum absolute atomic E-state index is 0.0724. The van der Waals surface area contributed by atoms with E-state index in [1.165, 1.54) is 6.07 Å². The zero-order chi connectivity index (χ0) is 19.9. The first-order chi connectivity index (χ1) is 13.7. The highest BCUT2D eigenvalue weighted by Gasteiger charge is 2.31. The maximum Gasteiger partial charge on any atom is 0.256 e. The molecule has 2 heterocycles. The van der Waals surface area contributed by atoms with E-state index in [1.807, 2.05) is 0 Å². The lowest BCUT2D eigenvalue weighted by atomic mass is 10.1. The van der Waals surface area contributed by atoms with Crippen molar-refractivity contribution in [2.45, 2.75) is 25.3 Å². The molecule has 1 aliphatic heterocycles. The molecule has 0 saturated carbocycles. The summed E-state index contributed by atoms with van der Waals surface area (Å²) < 4.78 is 10.9. The number of hydrogen-bond donors (Lipinski definition) is 1. The van der Waals surface area contributed by atoms with Crippen LogP contribution in [0.3, 0.4) is 0 Å². The van der Waals surface area contributed by atoms with Crippen LogP contribution in [0.2, 0.25) is 0 Å². The van der Waals surface area contributed by atoms with Crippen LogP contribution in [0.25, 0.3) is 0 Å². The second-order valence-corrected chi connectivity index (χ2v) is 6.65. The molecule has 28 heavy (non-hydrogen) atoms. The van der Waals surface area contributed by atoms with Gasteiger partial charge in [0.05, 0.1) is 29.5 Å². The van der Waals surface area contributed by atoms with Gasteiger partial charge in [0.15, 0.2) is 6.29 Å². The summed E-state index contributed by atoms with van der Waals surface area (Å²) in [5, 5.41) is 9.78. The molecule has 1 unspecified atom stereocenters. The van der Waals surface area contributed by atoms with Crippen molar-refractivity contribution in [3.05, 3.63) is 53.3 Å². The first kappa shape index (κ1) is 19.8. The molecule has 2 aromatic rings. The Hall–Kier alpha value is -2.93. The third-order valence-corrected chi connectivity index (χ3v) is 4.89. The first-order valence-corrected chi connectivity index (χ1v) is 9.29. The molecule has 1 amide bonds. The van der Waals surface area contributed by atoms with Crippen molar-refractivity contribution >= 4 is 12.2 Å². The number of aromatic nitrogens is 1. The average molecular weight is 384 g/mol. The normalized spacial score (nSPS) is 16.2. The van der Waals surface area contributed by atoms with Crippen LogP contribution >= 0.6 is 0 Å². The molecular formula is C21H24N2O5. The molecule has 0 radical (unpaired) electrons. The van der Waals surface area contributed by atoms with Crippen LogP contribution in [0.1, 0.15) is 39.3 Å². The SMILES string of the molecule is COCCc1ncccc1C(=O)N1CCCC1COc1cccc(O)c1C=O. The van der Waals surface area contributed by atoms with Crippen LogP contribution < -0.4 is 4.74 Å². The van der Waals surface area contributed by atoms with Crippen molar-refractivity contribution in [3.63, 3.8) is 0 Å². The number of rotatable bonds is 8. The number of ether oxygens (including phenoxy) is 2. The maximum atomic E-state index is 13.1. The molecule has 1 fully saturated rings. The summed E-state index contributed by atoms with van der Waals surface area (Å²) in [6.07, 6.45) is 4.51. The number of likely N-dealkylation sites (tertiary alicyclic amines) is 1. The molecule has 7 heteroatoms. The number of amides is 1. The Morgan fingerprint density at radius 1 is 1.36 bits per heavy atom. The van der Waals surface area contributed by atoms with E-state index in [1.54, 1.807) is 42.5 Å². The number of aldehydes is 1. The van der Waals surface area contributed by atoms with Crippen LogP contribution in [-0.2, 0) is 11.2 Å². The molecule has 0 aliphatic carbocycles. The van der Waals surface area contributed by atoms with Crippen molar-refractivity contribution < 1.29 is 24.2 Å². The first-order valence-electron chi connectivity index (χ1n) is 9.29. The second-order valence-electron chi connectivity index (χ2n) is 6.65. The Morgan fingerprint density at radius 3 is 3.00 bits per heavy atom. The molecular weight excluding hydrogens is 360 g/mol. The van der Waals surface area contributed by atoms with Gasteiger partial charge in [-0.25, -0.2) is 0 Å². The average Bonchev–Trinajstić information content (AvgIpc) is 3.19. The van der Waals surface area contributed by atoms with E-state index in [-0.39, 0.29) is 29.9 Å². The highest BCUT2D eigenvalue weighted by molar-refractivity contribution is 5.95. The van der Waals surface area contributed by atoms with Crippen molar-refractivity contribution in [1.29, 1.82) is 0 Å². The molecule has 1 aromatic carbocycles. The molecule has 148 valence electrons. The standard InChI is InChI=1S/C21H24N2O5/c1-27-12-9-18-16(6-3-10-22-18)21(26)23-11-4-5-15(23)14-28-20-8-2-7-19(25)17(20)13-24/h2-3,6-8,10,13,15,25H,4-5,9,11-12,14H2,1H3. The van der Waals surface area contributed by atoms with Gasteiger partial charge in [0.2, 0.25) is 0 Å². The number of nitrogens with zero attached hydrogens (tertiary/aromatic N) is 2. The van der Waals surface area contributed by atoms with Gasteiger partial charge in [0, 0.05) is 26.3 Å². The zero-order valence-corrected chi connectivity index (χ0v) is 15.8. The fourth-order valence-corrected chi connectivity index (χ4v) is 3.42. The third kappa shape index (κ3) is 4.31. The van der Waals surface area contributed by atoms with Crippen molar-refractivity contribution in [2.24, 2.45) is 0 Å². The molecule has 1 aliphatic rings. The maximum absolute atomic E-state index is 13.1. The third-order valence-electron chi connectivity index (χ3n) is 4.89. The largest absolute Gasteiger partial charge is 0.507 e. The predicted molar refractivity (Wildman–Crippen MR) is 103 cm³/mol. The fraction of sp³-hybridized carbons (Fsp3) is 0.381. The van der Waals surface area contributed by atoms with E-state index in [0.29, 0.717) is 37.2 Å². The number of aromatic hydroxyl groups is 1.